The maximum atomic E-state index is 13.3. The van der Waals surface area contributed by atoms with Crippen molar-refractivity contribution >= 4 is 16.7 Å². The summed E-state index contributed by atoms with van der Waals surface area (Å²) in [6.45, 7) is 0.459. The molecule has 1 saturated heterocycles. The number of esters is 1. The van der Waals surface area contributed by atoms with E-state index in [1.165, 1.54) is 0 Å². The van der Waals surface area contributed by atoms with Crippen molar-refractivity contribution in [3.8, 4) is 0 Å². The van der Waals surface area contributed by atoms with Crippen LogP contribution in [0.3, 0.4) is 0 Å². The van der Waals surface area contributed by atoms with Gasteiger partial charge in [0.2, 0.25) is 0 Å². The van der Waals surface area contributed by atoms with Crippen LogP contribution in [0.5, 0.6) is 0 Å². The van der Waals surface area contributed by atoms with Gasteiger partial charge in [-0.3, -0.25) is 0 Å². The fraction of sp³-hybridized carbons (Fsp3) is 0.256. The standard InChI is InChI=1S/C39H38O7/c40-23-34-36(42-24-28-12-4-1-5-13-28)38(44-26-30-16-8-3-9-17-30)37(43-25-29-14-6-2-7-15-29)35(46-34)27-45-39(41)33-21-20-31-18-10-11-19-32(31)22-33/h1-22,34-38,40H,23-27H2/t34-,35+,36?,37?,38?/m1/s1. The van der Waals surface area contributed by atoms with Crippen LogP contribution < -0.4 is 0 Å². The molecule has 0 saturated carbocycles. The normalized spacial score (nSPS) is 21.2. The highest BCUT2D eigenvalue weighted by Crippen LogP contribution is 2.31. The van der Waals surface area contributed by atoms with Crippen molar-refractivity contribution in [2.24, 2.45) is 0 Å². The van der Waals surface area contributed by atoms with E-state index in [0.29, 0.717) is 18.8 Å². The van der Waals surface area contributed by atoms with Crippen LogP contribution in [0.15, 0.2) is 133 Å². The number of benzene rings is 5. The van der Waals surface area contributed by atoms with E-state index in [4.69, 9.17) is 23.7 Å². The van der Waals surface area contributed by atoms with Gasteiger partial charge in [0.1, 0.15) is 37.1 Å². The van der Waals surface area contributed by atoms with Gasteiger partial charge in [-0.15, -0.1) is 0 Å². The molecule has 6 rings (SSSR count). The second-order valence-corrected chi connectivity index (χ2v) is 11.3. The number of aliphatic hydroxyl groups excluding tert-OH is 1. The van der Waals surface area contributed by atoms with Crippen molar-refractivity contribution in [3.05, 3.63) is 156 Å². The number of hydrogen-bond acceptors (Lipinski definition) is 7. The monoisotopic (exact) mass is 618 g/mol. The Morgan fingerprint density at radius 3 is 1.59 bits per heavy atom. The molecular formula is C39H38O7. The molecule has 5 aromatic carbocycles. The average molecular weight is 619 g/mol. The molecule has 5 aromatic rings. The lowest BCUT2D eigenvalue weighted by molar-refractivity contribution is -0.274. The van der Waals surface area contributed by atoms with E-state index in [0.717, 1.165) is 27.5 Å². The summed E-state index contributed by atoms with van der Waals surface area (Å²) in [4.78, 5) is 13.3. The zero-order valence-corrected chi connectivity index (χ0v) is 25.5. The third kappa shape index (κ3) is 8.07. The number of carbonyl (C=O) groups is 1. The van der Waals surface area contributed by atoms with Crippen molar-refractivity contribution in [1.82, 2.24) is 0 Å². The van der Waals surface area contributed by atoms with Crippen LogP contribution >= 0.6 is 0 Å². The molecule has 1 aliphatic heterocycles. The van der Waals surface area contributed by atoms with Crippen molar-refractivity contribution in [1.29, 1.82) is 0 Å². The van der Waals surface area contributed by atoms with Crippen LogP contribution in [-0.2, 0) is 43.5 Å². The summed E-state index contributed by atoms with van der Waals surface area (Å²) >= 11 is 0. The minimum Gasteiger partial charge on any atom is -0.459 e. The molecule has 3 unspecified atom stereocenters. The molecule has 236 valence electrons. The molecule has 1 aliphatic rings. The Bertz CT molecular complexity index is 1660. The van der Waals surface area contributed by atoms with Gasteiger partial charge in [-0.25, -0.2) is 4.79 Å². The second kappa shape index (κ2) is 15.8. The van der Waals surface area contributed by atoms with Gasteiger partial charge in [-0.05, 0) is 39.6 Å². The first kappa shape index (κ1) is 31.6. The summed E-state index contributed by atoms with van der Waals surface area (Å²) in [5.41, 5.74) is 3.38. The van der Waals surface area contributed by atoms with Gasteiger partial charge >= 0.3 is 5.97 Å². The Morgan fingerprint density at radius 1 is 0.565 bits per heavy atom. The highest BCUT2D eigenvalue weighted by Gasteiger charge is 2.48. The van der Waals surface area contributed by atoms with Crippen LogP contribution in [0.2, 0.25) is 0 Å². The van der Waals surface area contributed by atoms with Gasteiger partial charge in [0.05, 0.1) is 32.0 Å². The Balaban J connectivity index is 1.26. The number of aliphatic hydroxyl groups is 1. The van der Waals surface area contributed by atoms with Crippen molar-refractivity contribution < 1.29 is 33.6 Å². The van der Waals surface area contributed by atoms with Gasteiger partial charge in [-0.2, -0.15) is 0 Å². The number of rotatable bonds is 13. The highest BCUT2D eigenvalue weighted by molar-refractivity contribution is 5.95. The Labute approximate surface area is 269 Å². The Hall–Kier alpha value is -4.37. The Kier molecular flexibility index (Phi) is 10.8. The fourth-order valence-corrected chi connectivity index (χ4v) is 5.72. The summed E-state index contributed by atoms with van der Waals surface area (Å²) in [5, 5.41) is 12.5. The summed E-state index contributed by atoms with van der Waals surface area (Å²) in [7, 11) is 0. The van der Waals surface area contributed by atoms with E-state index >= 15 is 0 Å². The summed E-state index contributed by atoms with van der Waals surface area (Å²) in [6, 6.07) is 42.8. The van der Waals surface area contributed by atoms with Gasteiger partial charge in [0, 0.05) is 0 Å². The van der Waals surface area contributed by atoms with E-state index in [1.54, 1.807) is 6.07 Å². The lowest BCUT2D eigenvalue weighted by atomic mass is 9.94. The SMILES string of the molecule is O=C(OC[C@@H]1O[C@H](CO)C(OCc2ccccc2)C(OCc2ccccc2)C1OCc1ccccc1)c1ccc2ccccc2c1. The van der Waals surface area contributed by atoms with Crippen molar-refractivity contribution in [2.75, 3.05) is 13.2 Å². The molecule has 1 N–H and O–H groups in total. The van der Waals surface area contributed by atoms with E-state index in [-0.39, 0.29) is 19.8 Å². The molecule has 0 bridgehead atoms. The first-order valence-electron chi connectivity index (χ1n) is 15.6. The first-order chi connectivity index (χ1) is 22.7. The van der Waals surface area contributed by atoms with Crippen molar-refractivity contribution in [2.45, 2.75) is 50.3 Å². The molecule has 1 heterocycles. The molecule has 0 spiro atoms. The van der Waals surface area contributed by atoms with Crippen LogP contribution in [0.1, 0.15) is 27.0 Å². The first-order valence-corrected chi connectivity index (χ1v) is 15.6. The molecule has 0 amide bonds. The molecule has 46 heavy (non-hydrogen) atoms. The maximum Gasteiger partial charge on any atom is 0.338 e. The summed E-state index contributed by atoms with van der Waals surface area (Å²) in [5.74, 6) is -0.471. The van der Waals surface area contributed by atoms with Gasteiger partial charge in [-0.1, -0.05) is 121 Å². The molecule has 0 radical (unpaired) electrons. The van der Waals surface area contributed by atoms with E-state index in [1.807, 2.05) is 127 Å². The molecule has 0 aliphatic carbocycles. The van der Waals surface area contributed by atoms with Gasteiger partial charge < -0.3 is 28.8 Å². The van der Waals surface area contributed by atoms with E-state index < -0.39 is 36.5 Å². The third-order valence-electron chi connectivity index (χ3n) is 8.13. The molecule has 5 atom stereocenters. The number of hydrogen-bond donors (Lipinski definition) is 1. The largest absolute Gasteiger partial charge is 0.459 e. The van der Waals surface area contributed by atoms with Crippen molar-refractivity contribution in [3.63, 3.8) is 0 Å². The quantitative estimate of drug-likeness (QED) is 0.151. The Morgan fingerprint density at radius 2 is 1.04 bits per heavy atom. The molecule has 1 fully saturated rings. The van der Waals surface area contributed by atoms with Gasteiger partial charge in [0.25, 0.3) is 0 Å². The predicted molar refractivity (Wildman–Crippen MR) is 175 cm³/mol. The van der Waals surface area contributed by atoms with Crippen LogP contribution in [-0.4, -0.2) is 54.8 Å². The maximum absolute atomic E-state index is 13.3. The smallest absolute Gasteiger partial charge is 0.338 e. The van der Waals surface area contributed by atoms with Crippen LogP contribution in [0.4, 0.5) is 0 Å². The van der Waals surface area contributed by atoms with E-state index in [9.17, 15) is 9.90 Å². The molecule has 7 nitrogen and oxygen atoms in total. The average Bonchev–Trinajstić information content (AvgIpc) is 3.12. The second-order valence-electron chi connectivity index (χ2n) is 11.3. The molecular weight excluding hydrogens is 580 g/mol. The van der Waals surface area contributed by atoms with Crippen LogP contribution in [0, 0.1) is 0 Å². The zero-order valence-electron chi connectivity index (χ0n) is 25.5. The predicted octanol–water partition coefficient (Wildman–Crippen LogP) is 6.51. The van der Waals surface area contributed by atoms with Gasteiger partial charge in [0.15, 0.2) is 0 Å². The lowest BCUT2D eigenvalue weighted by Gasteiger charge is -2.45. The lowest BCUT2D eigenvalue weighted by Crippen LogP contribution is -2.62. The zero-order chi connectivity index (χ0) is 31.6. The van der Waals surface area contributed by atoms with Crippen LogP contribution in [0.25, 0.3) is 10.8 Å². The molecule has 0 aromatic heterocycles. The van der Waals surface area contributed by atoms with E-state index in [2.05, 4.69) is 0 Å². The summed E-state index contributed by atoms with van der Waals surface area (Å²) in [6.07, 6.45) is -3.48. The highest BCUT2D eigenvalue weighted by atomic mass is 16.6. The topological polar surface area (TPSA) is 83.5 Å². The third-order valence-corrected chi connectivity index (χ3v) is 8.13. The minimum atomic E-state index is -0.745. The fourth-order valence-electron chi connectivity index (χ4n) is 5.72. The molecule has 7 heteroatoms. The number of fused-ring (bicyclic) bond motifs is 1. The number of carbonyl (C=O) groups excluding carboxylic acids is 1. The number of ether oxygens (including phenoxy) is 5. The summed E-state index contributed by atoms with van der Waals surface area (Å²) < 4.78 is 31.8. The minimum absolute atomic E-state index is 0.0990.